The van der Waals surface area contributed by atoms with Gasteiger partial charge in [0.1, 0.15) is 0 Å². The lowest BCUT2D eigenvalue weighted by Crippen LogP contribution is -2.47. The molecule has 2 saturated heterocycles. The summed E-state index contributed by atoms with van der Waals surface area (Å²) >= 11 is 0. The maximum absolute atomic E-state index is 13.1. The van der Waals surface area contributed by atoms with Gasteiger partial charge in [0, 0.05) is 30.8 Å². The molecule has 3 atom stereocenters. The smallest absolute Gasteiger partial charge is 0.246 e. The molecule has 1 amide bonds. The summed E-state index contributed by atoms with van der Waals surface area (Å²) in [6, 6.07) is 11.0. The fraction of sp³-hybridized carbons (Fsp3) is 0.667. The average molecular weight is 457 g/mol. The molecular formula is C27H44N2O2Si. The Kier molecular flexibility index (Phi) is 8.40. The van der Waals surface area contributed by atoms with E-state index in [1.807, 2.05) is 36.4 Å². The Morgan fingerprint density at radius 2 is 1.72 bits per heavy atom. The first kappa shape index (κ1) is 25.2. The SMILES string of the molecule is CN1CCC[C@H]1C[C@H](C[C@@H]1CCCN1C(=O)/C=C/c1ccccc1)O[Si](C)(C)C(C)(C)C. The summed E-state index contributed by atoms with van der Waals surface area (Å²) in [7, 11) is 0.373. The molecule has 0 saturated carbocycles. The normalized spacial score (nSPS) is 23.9. The van der Waals surface area contributed by atoms with E-state index in [2.05, 4.69) is 50.7 Å². The van der Waals surface area contributed by atoms with Crippen LogP contribution in [0.4, 0.5) is 0 Å². The number of carbonyl (C=O) groups excluding carboxylic acids is 1. The molecule has 5 heteroatoms. The van der Waals surface area contributed by atoms with E-state index < -0.39 is 8.32 Å². The zero-order valence-electron chi connectivity index (χ0n) is 21.1. The molecule has 2 aliphatic heterocycles. The van der Waals surface area contributed by atoms with Crippen LogP contribution in [0.25, 0.3) is 6.08 Å². The minimum absolute atomic E-state index is 0.139. The molecule has 4 nitrogen and oxygen atoms in total. The zero-order valence-corrected chi connectivity index (χ0v) is 22.1. The minimum atomic E-state index is -1.88. The van der Waals surface area contributed by atoms with Crippen molar-refractivity contribution >= 4 is 20.3 Å². The highest BCUT2D eigenvalue weighted by atomic mass is 28.4. The van der Waals surface area contributed by atoms with E-state index in [0.29, 0.717) is 6.04 Å². The molecule has 3 rings (SSSR count). The van der Waals surface area contributed by atoms with Gasteiger partial charge in [0.05, 0.1) is 0 Å². The zero-order chi connectivity index (χ0) is 23.4. The average Bonchev–Trinajstić information content (AvgIpc) is 3.35. The van der Waals surface area contributed by atoms with Gasteiger partial charge in [-0.2, -0.15) is 0 Å². The number of hydrogen-bond donors (Lipinski definition) is 0. The molecule has 0 aliphatic carbocycles. The summed E-state index contributed by atoms with van der Waals surface area (Å²) < 4.78 is 6.99. The van der Waals surface area contributed by atoms with Crippen LogP contribution < -0.4 is 0 Å². The Hall–Kier alpha value is -1.43. The number of rotatable bonds is 8. The van der Waals surface area contributed by atoms with E-state index in [0.717, 1.165) is 37.8 Å². The summed E-state index contributed by atoms with van der Waals surface area (Å²) in [6.07, 6.45) is 10.7. The van der Waals surface area contributed by atoms with Gasteiger partial charge in [-0.25, -0.2) is 0 Å². The standard InChI is InChI=1S/C27H44N2O2Si/c1-27(2,3)32(5,6)31-25(20-23-14-10-18-28(23)4)21-24-15-11-19-29(24)26(30)17-16-22-12-8-7-9-13-22/h7-9,12-13,16-17,23-25H,10-11,14-15,18-21H2,1-6H3/b17-16+/t23-,24-,25+/m0/s1. The van der Waals surface area contributed by atoms with Crippen LogP contribution in [0.5, 0.6) is 0 Å². The second-order valence-corrected chi connectivity index (χ2v) is 16.1. The van der Waals surface area contributed by atoms with Gasteiger partial charge in [-0.3, -0.25) is 4.79 Å². The number of carbonyl (C=O) groups is 1. The van der Waals surface area contributed by atoms with Crippen molar-refractivity contribution in [1.82, 2.24) is 9.80 Å². The lowest BCUT2D eigenvalue weighted by atomic mass is 9.99. The molecule has 0 radical (unpaired) electrons. The second-order valence-electron chi connectivity index (χ2n) is 11.3. The molecule has 2 heterocycles. The topological polar surface area (TPSA) is 32.8 Å². The molecule has 0 aromatic heterocycles. The molecule has 1 aromatic rings. The molecule has 178 valence electrons. The largest absolute Gasteiger partial charge is 0.414 e. The van der Waals surface area contributed by atoms with Crippen molar-refractivity contribution < 1.29 is 9.22 Å². The first-order valence-corrected chi connectivity index (χ1v) is 15.4. The van der Waals surface area contributed by atoms with Gasteiger partial charge in [-0.1, -0.05) is 51.1 Å². The predicted octanol–water partition coefficient (Wildman–Crippen LogP) is 5.96. The van der Waals surface area contributed by atoms with Gasteiger partial charge in [-0.15, -0.1) is 0 Å². The number of likely N-dealkylation sites (tertiary alicyclic amines) is 2. The van der Waals surface area contributed by atoms with Crippen LogP contribution in [0.1, 0.15) is 64.9 Å². The molecule has 1 aromatic carbocycles. The van der Waals surface area contributed by atoms with Crippen LogP contribution in [0.15, 0.2) is 36.4 Å². The molecule has 0 unspecified atom stereocenters. The van der Waals surface area contributed by atoms with Gasteiger partial charge in [0.25, 0.3) is 0 Å². The predicted molar refractivity (Wildman–Crippen MR) is 137 cm³/mol. The van der Waals surface area contributed by atoms with E-state index in [1.54, 1.807) is 6.08 Å². The number of amides is 1. The molecule has 32 heavy (non-hydrogen) atoms. The van der Waals surface area contributed by atoms with Crippen LogP contribution >= 0.6 is 0 Å². The quantitative estimate of drug-likeness (QED) is 0.358. The minimum Gasteiger partial charge on any atom is -0.414 e. The van der Waals surface area contributed by atoms with Crippen LogP contribution in [-0.2, 0) is 9.22 Å². The molecule has 2 aliphatic rings. The van der Waals surface area contributed by atoms with Crippen molar-refractivity contribution in [3.8, 4) is 0 Å². The van der Waals surface area contributed by atoms with E-state index in [-0.39, 0.29) is 23.1 Å². The van der Waals surface area contributed by atoms with Crippen molar-refractivity contribution in [1.29, 1.82) is 0 Å². The highest BCUT2D eigenvalue weighted by Crippen LogP contribution is 2.39. The molecule has 0 bridgehead atoms. The summed E-state index contributed by atoms with van der Waals surface area (Å²) in [6.45, 7) is 13.7. The highest BCUT2D eigenvalue weighted by molar-refractivity contribution is 6.74. The number of hydrogen-bond acceptors (Lipinski definition) is 3. The summed E-state index contributed by atoms with van der Waals surface area (Å²) in [5.74, 6) is 0.139. The fourth-order valence-corrected chi connectivity index (χ4v) is 6.25. The van der Waals surface area contributed by atoms with Crippen LogP contribution in [0.3, 0.4) is 0 Å². The number of nitrogens with zero attached hydrogens (tertiary/aromatic N) is 2. The Morgan fingerprint density at radius 3 is 2.34 bits per heavy atom. The first-order valence-electron chi connectivity index (χ1n) is 12.5. The molecule has 0 spiro atoms. The van der Waals surface area contributed by atoms with Crippen LogP contribution in [0.2, 0.25) is 18.1 Å². The van der Waals surface area contributed by atoms with Crippen LogP contribution in [-0.4, -0.2) is 62.3 Å². The van der Waals surface area contributed by atoms with Crippen molar-refractivity contribution in [3.63, 3.8) is 0 Å². The van der Waals surface area contributed by atoms with Gasteiger partial charge in [0.2, 0.25) is 5.91 Å². The van der Waals surface area contributed by atoms with E-state index in [1.165, 1.54) is 19.4 Å². The van der Waals surface area contributed by atoms with E-state index in [4.69, 9.17) is 4.43 Å². The maximum Gasteiger partial charge on any atom is 0.246 e. The molecular weight excluding hydrogens is 412 g/mol. The fourth-order valence-electron chi connectivity index (χ4n) is 4.87. The third kappa shape index (κ3) is 6.55. The Labute approximate surface area is 197 Å². The highest BCUT2D eigenvalue weighted by Gasteiger charge is 2.41. The van der Waals surface area contributed by atoms with Gasteiger partial charge in [-0.05, 0) is 81.9 Å². The third-order valence-corrected chi connectivity index (χ3v) is 12.4. The lowest BCUT2D eigenvalue weighted by molar-refractivity contribution is -0.127. The summed E-state index contributed by atoms with van der Waals surface area (Å²) in [5.41, 5.74) is 1.07. The van der Waals surface area contributed by atoms with Crippen molar-refractivity contribution in [2.75, 3.05) is 20.1 Å². The number of benzene rings is 1. The van der Waals surface area contributed by atoms with E-state index >= 15 is 0 Å². The van der Waals surface area contributed by atoms with Gasteiger partial charge >= 0.3 is 0 Å². The second kappa shape index (κ2) is 10.7. The first-order chi connectivity index (χ1) is 15.1. The lowest BCUT2D eigenvalue weighted by Gasteiger charge is -2.41. The Morgan fingerprint density at radius 1 is 1.09 bits per heavy atom. The third-order valence-electron chi connectivity index (χ3n) is 7.89. The van der Waals surface area contributed by atoms with Crippen molar-refractivity contribution in [2.24, 2.45) is 0 Å². The van der Waals surface area contributed by atoms with Gasteiger partial charge < -0.3 is 14.2 Å². The summed E-state index contributed by atoms with van der Waals surface area (Å²) in [4.78, 5) is 17.6. The van der Waals surface area contributed by atoms with Crippen LogP contribution in [0, 0.1) is 0 Å². The molecule has 0 N–H and O–H groups in total. The molecule has 2 fully saturated rings. The van der Waals surface area contributed by atoms with Crippen molar-refractivity contribution in [3.05, 3.63) is 42.0 Å². The summed E-state index contributed by atoms with van der Waals surface area (Å²) in [5, 5.41) is 0.191. The van der Waals surface area contributed by atoms with E-state index in [9.17, 15) is 4.79 Å². The van der Waals surface area contributed by atoms with Crippen molar-refractivity contribution in [2.45, 2.75) is 95.6 Å². The maximum atomic E-state index is 13.1. The Balaban J connectivity index is 1.70. The Bertz CT molecular complexity index is 772. The monoisotopic (exact) mass is 456 g/mol. The van der Waals surface area contributed by atoms with Gasteiger partial charge in [0.15, 0.2) is 8.32 Å².